The molecule has 1 heterocycles. The Labute approximate surface area is 301 Å². The number of nitrogens with one attached hydrogen (secondary N) is 5. The third-order valence-electron chi connectivity index (χ3n) is 7.83. The van der Waals surface area contributed by atoms with E-state index in [1.807, 2.05) is 0 Å². The number of urea groups is 1. The second-order valence-corrected chi connectivity index (χ2v) is 12.0. The van der Waals surface area contributed by atoms with Gasteiger partial charge in [-0.1, -0.05) is 6.07 Å². The maximum absolute atomic E-state index is 14.4. The van der Waals surface area contributed by atoms with Crippen molar-refractivity contribution in [1.82, 2.24) is 10.6 Å². The minimum absolute atomic E-state index is 0.0804. The van der Waals surface area contributed by atoms with E-state index in [9.17, 15) is 35.9 Å². The molecular formula is C34H41F6N9O4. The zero-order chi connectivity index (χ0) is 38.8. The Morgan fingerprint density at radius 2 is 1.66 bits per heavy atom. The van der Waals surface area contributed by atoms with Crippen molar-refractivity contribution in [3.63, 3.8) is 0 Å². The average molecular weight is 754 g/mol. The van der Waals surface area contributed by atoms with Crippen LogP contribution in [-0.2, 0) is 17.1 Å². The van der Waals surface area contributed by atoms with Crippen LogP contribution in [0, 0.1) is 5.41 Å². The van der Waals surface area contributed by atoms with E-state index in [1.54, 1.807) is 0 Å². The predicted molar refractivity (Wildman–Crippen MR) is 188 cm³/mol. The van der Waals surface area contributed by atoms with Crippen molar-refractivity contribution in [2.75, 3.05) is 48.3 Å². The molecule has 1 aliphatic heterocycles. The van der Waals surface area contributed by atoms with Crippen molar-refractivity contribution >= 4 is 40.6 Å². The third-order valence-corrected chi connectivity index (χ3v) is 7.83. The molecule has 0 saturated carbocycles. The minimum atomic E-state index is -4.95. The summed E-state index contributed by atoms with van der Waals surface area (Å²) in [5.41, 5.74) is 13.5. The maximum Gasteiger partial charge on any atom is 0.416 e. The lowest BCUT2D eigenvalue weighted by Crippen LogP contribution is -2.33. The largest absolute Gasteiger partial charge is 0.485 e. The predicted octanol–water partition coefficient (Wildman–Crippen LogP) is 5.83. The van der Waals surface area contributed by atoms with Gasteiger partial charge in [-0.05, 0) is 75.2 Å². The number of amides is 3. The van der Waals surface area contributed by atoms with Gasteiger partial charge in [0.15, 0.2) is 11.7 Å². The normalized spacial score (nSPS) is 14.4. The van der Waals surface area contributed by atoms with Crippen LogP contribution in [0.1, 0.15) is 43.2 Å². The number of carbonyl (C=O) groups is 2. The number of unbranched alkanes of at least 4 members (excludes halogenated alkanes) is 1. The number of nitrogens with zero attached hydrogens (tertiary/aromatic N) is 1. The van der Waals surface area contributed by atoms with Crippen LogP contribution in [0.25, 0.3) is 0 Å². The highest BCUT2D eigenvalue weighted by Crippen LogP contribution is 2.46. The number of alkyl halides is 6. The molecule has 0 bridgehead atoms. The molecule has 3 aromatic rings. The van der Waals surface area contributed by atoms with Gasteiger partial charge in [-0.3, -0.25) is 15.1 Å². The van der Waals surface area contributed by atoms with Gasteiger partial charge in [-0.25, -0.2) is 4.79 Å². The van der Waals surface area contributed by atoms with Gasteiger partial charge in [0.2, 0.25) is 5.91 Å². The molecule has 1 fully saturated rings. The zero-order valence-corrected chi connectivity index (χ0v) is 28.4. The van der Waals surface area contributed by atoms with Crippen LogP contribution in [0.2, 0.25) is 0 Å². The van der Waals surface area contributed by atoms with E-state index in [0.29, 0.717) is 70.5 Å². The van der Waals surface area contributed by atoms with Gasteiger partial charge in [0.05, 0.1) is 28.2 Å². The quantitative estimate of drug-likeness (QED) is 0.0383. The molecule has 11 N–H and O–H groups in total. The molecule has 0 spiro atoms. The van der Waals surface area contributed by atoms with Crippen molar-refractivity contribution in [2.24, 2.45) is 17.2 Å². The van der Waals surface area contributed by atoms with E-state index >= 15 is 0 Å². The van der Waals surface area contributed by atoms with Crippen molar-refractivity contribution in [3.8, 4) is 17.2 Å². The number of primary amides is 1. The fourth-order valence-corrected chi connectivity index (χ4v) is 5.37. The van der Waals surface area contributed by atoms with Gasteiger partial charge < -0.3 is 47.9 Å². The first-order valence-corrected chi connectivity index (χ1v) is 16.6. The smallest absolute Gasteiger partial charge is 0.416 e. The third kappa shape index (κ3) is 11.8. The SMILES string of the molecule is N=C(N)NCCCCC(=O)Nc1cc(C(F)(F)F)cc(N(C(N)=O)c2cccc(Oc3cc(NCCCN)cc(C(F)(F)F)c3)c2)c1O[C@@H]1CCNC1. The second kappa shape index (κ2) is 17.9. The van der Waals surface area contributed by atoms with Crippen molar-refractivity contribution in [3.05, 3.63) is 65.7 Å². The van der Waals surface area contributed by atoms with Gasteiger partial charge in [0.1, 0.15) is 17.6 Å². The Kier molecular flexibility index (Phi) is 13.6. The van der Waals surface area contributed by atoms with Crippen LogP contribution in [0.5, 0.6) is 17.2 Å². The highest BCUT2D eigenvalue weighted by molar-refractivity contribution is 6.03. The Balaban J connectivity index is 1.75. The molecule has 0 radical (unpaired) electrons. The van der Waals surface area contributed by atoms with Crippen LogP contribution in [-0.4, -0.2) is 56.7 Å². The number of benzene rings is 3. The molecule has 1 atom stereocenters. The molecule has 0 aromatic heterocycles. The molecule has 0 aliphatic carbocycles. The lowest BCUT2D eigenvalue weighted by atomic mass is 10.1. The first kappa shape index (κ1) is 40.3. The summed E-state index contributed by atoms with van der Waals surface area (Å²) in [7, 11) is 0. The molecule has 3 amide bonds. The topological polar surface area (TPSA) is 206 Å². The molecule has 0 unspecified atom stereocenters. The van der Waals surface area contributed by atoms with Gasteiger partial charge in [0.25, 0.3) is 0 Å². The molecule has 4 rings (SSSR count). The number of guanidine groups is 1. The van der Waals surface area contributed by atoms with Crippen LogP contribution in [0.3, 0.4) is 0 Å². The lowest BCUT2D eigenvalue weighted by Gasteiger charge is -2.28. The Morgan fingerprint density at radius 1 is 0.925 bits per heavy atom. The van der Waals surface area contributed by atoms with E-state index in [2.05, 4.69) is 21.3 Å². The van der Waals surface area contributed by atoms with Crippen LogP contribution >= 0.6 is 0 Å². The standard InChI is InChI=1S/C34H41F6N9O4/c35-33(36,37)20-13-22(46-11-4-9-41)17-26(14-20)52-24-6-3-5-23(18-24)49(32(44)51)28-16-21(34(38,39)40)15-27(30(28)53-25-8-12-45-19-25)48-29(50)7-1-2-10-47-31(42)43/h3,5-6,13-18,25,45-46H,1-2,4,7-12,19,41H2,(H2,44,51)(H,48,50)(H4,42,43,47)/t25-/m1/s1. The first-order chi connectivity index (χ1) is 25.0. The molecular weight excluding hydrogens is 712 g/mol. The summed E-state index contributed by atoms with van der Waals surface area (Å²) in [6, 6.07) is 8.40. The van der Waals surface area contributed by atoms with Gasteiger partial charge in [-0.2, -0.15) is 26.3 Å². The van der Waals surface area contributed by atoms with E-state index in [0.717, 1.165) is 17.0 Å². The average Bonchev–Trinajstić information content (AvgIpc) is 3.58. The summed E-state index contributed by atoms with van der Waals surface area (Å²) in [5, 5.41) is 18.2. The molecule has 1 aliphatic rings. The number of carbonyl (C=O) groups excluding carboxylic acids is 2. The van der Waals surface area contributed by atoms with Crippen molar-refractivity contribution in [2.45, 2.75) is 50.6 Å². The summed E-state index contributed by atoms with van der Waals surface area (Å²) < 4.78 is 96.3. The fraction of sp³-hybridized carbons (Fsp3) is 0.382. The van der Waals surface area contributed by atoms with E-state index in [1.165, 1.54) is 30.3 Å². The molecule has 288 valence electrons. The summed E-state index contributed by atoms with van der Waals surface area (Å²) in [5.74, 6) is -1.47. The number of hydrogen-bond acceptors (Lipinski definition) is 8. The first-order valence-electron chi connectivity index (χ1n) is 16.6. The number of halogens is 6. The summed E-state index contributed by atoms with van der Waals surface area (Å²) in [6.07, 6.45) is -8.66. The summed E-state index contributed by atoms with van der Waals surface area (Å²) in [4.78, 5) is 26.9. The second-order valence-electron chi connectivity index (χ2n) is 12.0. The van der Waals surface area contributed by atoms with Crippen LogP contribution < -0.4 is 52.8 Å². The highest BCUT2D eigenvalue weighted by atomic mass is 19.4. The van der Waals surface area contributed by atoms with E-state index in [-0.39, 0.29) is 46.7 Å². The monoisotopic (exact) mass is 753 g/mol. The number of ether oxygens (including phenoxy) is 2. The maximum atomic E-state index is 14.4. The fourth-order valence-electron chi connectivity index (χ4n) is 5.37. The van der Waals surface area contributed by atoms with Crippen molar-refractivity contribution < 1.29 is 45.4 Å². The number of nitrogens with two attached hydrogens (primary N) is 3. The molecule has 3 aromatic carbocycles. The van der Waals surface area contributed by atoms with Gasteiger partial charge in [0, 0.05) is 43.9 Å². The molecule has 19 heteroatoms. The molecule has 1 saturated heterocycles. The van der Waals surface area contributed by atoms with Crippen molar-refractivity contribution in [1.29, 1.82) is 5.41 Å². The molecule has 53 heavy (non-hydrogen) atoms. The number of anilines is 4. The van der Waals surface area contributed by atoms with Crippen LogP contribution in [0.15, 0.2) is 54.6 Å². The lowest BCUT2D eigenvalue weighted by molar-refractivity contribution is -0.138. The van der Waals surface area contributed by atoms with E-state index < -0.39 is 47.2 Å². The van der Waals surface area contributed by atoms with Gasteiger partial charge in [-0.15, -0.1) is 0 Å². The Bertz CT molecular complexity index is 1750. The summed E-state index contributed by atoms with van der Waals surface area (Å²) >= 11 is 0. The number of hydrogen-bond donors (Lipinski definition) is 8. The van der Waals surface area contributed by atoms with Crippen LogP contribution in [0.4, 0.5) is 53.9 Å². The van der Waals surface area contributed by atoms with Gasteiger partial charge >= 0.3 is 18.4 Å². The Hall–Kier alpha value is -5.43. The highest BCUT2D eigenvalue weighted by Gasteiger charge is 2.36. The number of rotatable bonds is 16. The van der Waals surface area contributed by atoms with E-state index in [4.69, 9.17) is 32.1 Å². The Morgan fingerprint density at radius 3 is 2.30 bits per heavy atom. The minimum Gasteiger partial charge on any atom is -0.485 e. The summed E-state index contributed by atoms with van der Waals surface area (Å²) in [6.45, 7) is 1.76. The molecule has 13 nitrogen and oxygen atoms in total. The zero-order valence-electron chi connectivity index (χ0n) is 28.4.